The Morgan fingerprint density at radius 3 is 2.64 bits per heavy atom. The standard InChI is InChI=1S/C19H26N4O.ClH/c1-12(2)10-14-4-6-15(7-5-14)13(3)21-19(24)18-16-11-20-9-8-17(16)22-23-18;/h4-7,12-13,20H,8-11H2,1-3H3,(H,21,24)(H,22,23);1H. The van der Waals surface area contributed by atoms with Gasteiger partial charge in [0.05, 0.1) is 6.04 Å². The number of amides is 1. The largest absolute Gasteiger partial charge is 0.344 e. The molecule has 1 atom stereocenters. The number of fused-ring (bicyclic) bond motifs is 1. The molecule has 1 amide bonds. The van der Waals surface area contributed by atoms with Gasteiger partial charge in [-0.2, -0.15) is 5.10 Å². The fourth-order valence-corrected chi connectivity index (χ4v) is 3.18. The minimum atomic E-state index is -0.116. The minimum absolute atomic E-state index is 0. The van der Waals surface area contributed by atoms with Gasteiger partial charge in [-0.05, 0) is 30.4 Å². The molecular formula is C19H27ClN4O. The number of nitrogens with zero attached hydrogens (tertiary/aromatic N) is 1. The third-order valence-electron chi connectivity index (χ3n) is 4.49. The summed E-state index contributed by atoms with van der Waals surface area (Å²) in [5.74, 6) is 0.530. The number of carbonyl (C=O) groups excluding carboxylic acids is 1. The Labute approximate surface area is 155 Å². The predicted molar refractivity (Wildman–Crippen MR) is 102 cm³/mol. The molecule has 136 valence electrons. The first-order chi connectivity index (χ1) is 11.5. The molecule has 0 aliphatic carbocycles. The summed E-state index contributed by atoms with van der Waals surface area (Å²) in [6, 6.07) is 8.46. The molecule has 1 unspecified atom stereocenters. The van der Waals surface area contributed by atoms with E-state index in [0.717, 1.165) is 36.2 Å². The Kier molecular flexibility index (Phi) is 6.62. The van der Waals surface area contributed by atoms with Gasteiger partial charge < -0.3 is 10.6 Å². The molecule has 0 saturated heterocycles. The summed E-state index contributed by atoms with van der Waals surface area (Å²) < 4.78 is 0. The highest BCUT2D eigenvalue weighted by atomic mass is 35.5. The predicted octanol–water partition coefficient (Wildman–Crippen LogP) is 3.17. The number of rotatable bonds is 5. The Balaban J connectivity index is 0.00000225. The van der Waals surface area contributed by atoms with Gasteiger partial charge in [0.1, 0.15) is 0 Å². The minimum Gasteiger partial charge on any atom is -0.344 e. The van der Waals surface area contributed by atoms with Crippen LogP contribution >= 0.6 is 12.4 Å². The second-order valence-corrected chi connectivity index (χ2v) is 6.99. The van der Waals surface area contributed by atoms with Gasteiger partial charge in [0.15, 0.2) is 5.69 Å². The summed E-state index contributed by atoms with van der Waals surface area (Å²) in [5, 5.41) is 13.6. The lowest BCUT2D eigenvalue weighted by Gasteiger charge is -2.16. The maximum absolute atomic E-state index is 12.6. The molecule has 2 aromatic rings. The molecule has 1 aliphatic heterocycles. The van der Waals surface area contributed by atoms with E-state index < -0.39 is 0 Å². The van der Waals surface area contributed by atoms with Crippen molar-refractivity contribution in [2.45, 2.75) is 46.2 Å². The average molecular weight is 363 g/mol. The van der Waals surface area contributed by atoms with Gasteiger partial charge in [-0.3, -0.25) is 9.89 Å². The molecule has 1 aliphatic rings. The topological polar surface area (TPSA) is 69.8 Å². The Hall–Kier alpha value is -1.85. The molecule has 2 heterocycles. The summed E-state index contributed by atoms with van der Waals surface area (Å²) in [4.78, 5) is 12.6. The van der Waals surface area contributed by atoms with E-state index in [4.69, 9.17) is 0 Å². The van der Waals surface area contributed by atoms with Gasteiger partial charge in [-0.1, -0.05) is 38.1 Å². The van der Waals surface area contributed by atoms with Crippen LogP contribution in [0.15, 0.2) is 24.3 Å². The van der Waals surface area contributed by atoms with E-state index in [9.17, 15) is 4.79 Å². The third kappa shape index (κ3) is 4.61. The molecule has 0 fully saturated rings. The maximum Gasteiger partial charge on any atom is 0.272 e. The quantitative estimate of drug-likeness (QED) is 0.765. The molecule has 25 heavy (non-hydrogen) atoms. The van der Waals surface area contributed by atoms with Gasteiger partial charge >= 0.3 is 0 Å². The molecule has 1 aromatic heterocycles. The lowest BCUT2D eigenvalue weighted by atomic mass is 10.00. The fourth-order valence-electron chi connectivity index (χ4n) is 3.18. The fraction of sp³-hybridized carbons (Fsp3) is 0.474. The van der Waals surface area contributed by atoms with E-state index in [-0.39, 0.29) is 24.4 Å². The van der Waals surface area contributed by atoms with Crippen molar-refractivity contribution in [2.24, 2.45) is 5.92 Å². The number of nitrogens with one attached hydrogen (secondary N) is 3. The van der Waals surface area contributed by atoms with Crippen LogP contribution in [0.1, 0.15) is 59.7 Å². The smallest absolute Gasteiger partial charge is 0.272 e. The first-order valence-corrected chi connectivity index (χ1v) is 8.71. The molecule has 1 aromatic carbocycles. The molecule has 0 spiro atoms. The van der Waals surface area contributed by atoms with E-state index in [2.05, 4.69) is 58.9 Å². The van der Waals surface area contributed by atoms with Crippen molar-refractivity contribution in [1.29, 1.82) is 0 Å². The summed E-state index contributed by atoms with van der Waals surface area (Å²) in [5.41, 5.74) is 5.03. The number of halogens is 1. The van der Waals surface area contributed by atoms with Crippen molar-refractivity contribution in [1.82, 2.24) is 20.8 Å². The second-order valence-electron chi connectivity index (χ2n) is 6.99. The van der Waals surface area contributed by atoms with Gasteiger partial charge in [-0.15, -0.1) is 12.4 Å². The second kappa shape index (κ2) is 8.50. The van der Waals surface area contributed by atoms with E-state index in [1.54, 1.807) is 0 Å². The van der Waals surface area contributed by atoms with Crippen molar-refractivity contribution < 1.29 is 4.79 Å². The molecule has 0 bridgehead atoms. The van der Waals surface area contributed by atoms with Crippen LogP contribution in [0.3, 0.4) is 0 Å². The van der Waals surface area contributed by atoms with E-state index in [0.29, 0.717) is 18.2 Å². The highest BCUT2D eigenvalue weighted by Crippen LogP contribution is 2.18. The lowest BCUT2D eigenvalue weighted by Crippen LogP contribution is -2.30. The van der Waals surface area contributed by atoms with E-state index in [1.165, 1.54) is 5.56 Å². The molecule has 0 radical (unpaired) electrons. The normalized spacial score (nSPS) is 14.6. The third-order valence-corrected chi connectivity index (χ3v) is 4.49. The summed E-state index contributed by atoms with van der Waals surface area (Å²) in [6.45, 7) is 8.07. The van der Waals surface area contributed by atoms with Crippen LogP contribution in [0, 0.1) is 5.92 Å². The van der Waals surface area contributed by atoms with Crippen molar-refractivity contribution in [3.05, 3.63) is 52.3 Å². The molecular weight excluding hydrogens is 336 g/mol. The lowest BCUT2D eigenvalue weighted by molar-refractivity contribution is 0.0933. The molecule has 6 heteroatoms. The maximum atomic E-state index is 12.6. The number of carbonyl (C=O) groups is 1. The van der Waals surface area contributed by atoms with Crippen molar-refractivity contribution in [2.75, 3.05) is 6.54 Å². The molecule has 5 nitrogen and oxygen atoms in total. The van der Waals surface area contributed by atoms with E-state index in [1.807, 2.05) is 6.92 Å². The summed E-state index contributed by atoms with van der Waals surface area (Å²) >= 11 is 0. The van der Waals surface area contributed by atoms with Crippen LogP contribution in [0.4, 0.5) is 0 Å². The van der Waals surface area contributed by atoms with Gasteiger partial charge in [0.25, 0.3) is 5.91 Å². The van der Waals surface area contributed by atoms with E-state index >= 15 is 0 Å². The average Bonchev–Trinajstić information content (AvgIpc) is 2.99. The summed E-state index contributed by atoms with van der Waals surface area (Å²) in [7, 11) is 0. The Bertz CT molecular complexity index is 709. The number of hydrogen-bond donors (Lipinski definition) is 3. The van der Waals surface area contributed by atoms with Crippen LogP contribution in [-0.4, -0.2) is 22.6 Å². The number of benzene rings is 1. The zero-order valence-corrected chi connectivity index (χ0v) is 15.9. The Morgan fingerprint density at radius 1 is 1.24 bits per heavy atom. The van der Waals surface area contributed by atoms with Crippen molar-refractivity contribution in [3.63, 3.8) is 0 Å². The zero-order chi connectivity index (χ0) is 17.1. The van der Waals surface area contributed by atoms with Crippen LogP contribution in [-0.2, 0) is 19.4 Å². The zero-order valence-electron chi connectivity index (χ0n) is 15.1. The molecule has 0 saturated carbocycles. The van der Waals surface area contributed by atoms with Crippen LogP contribution in [0.25, 0.3) is 0 Å². The number of aromatic nitrogens is 2. The number of H-pyrrole nitrogens is 1. The summed E-state index contributed by atoms with van der Waals surface area (Å²) in [6.07, 6.45) is 1.97. The van der Waals surface area contributed by atoms with Crippen LogP contribution in [0.5, 0.6) is 0 Å². The highest BCUT2D eigenvalue weighted by molar-refractivity contribution is 5.94. The van der Waals surface area contributed by atoms with Crippen molar-refractivity contribution in [3.8, 4) is 0 Å². The first-order valence-electron chi connectivity index (χ1n) is 8.71. The monoisotopic (exact) mass is 362 g/mol. The number of hydrogen-bond acceptors (Lipinski definition) is 3. The van der Waals surface area contributed by atoms with Gasteiger partial charge in [-0.25, -0.2) is 0 Å². The SMILES string of the molecule is CC(C)Cc1ccc(C(C)NC(=O)c2n[nH]c3c2CNCC3)cc1.Cl. The van der Waals surface area contributed by atoms with Crippen LogP contribution in [0.2, 0.25) is 0 Å². The molecule has 3 N–H and O–H groups in total. The van der Waals surface area contributed by atoms with Crippen LogP contribution < -0.4 is 10.6 Å². The Morgan fingerprint density at radius 2 is 1.96 bits per heavy atom. The van der Waals surface area contributed by atoms with Gasteiger partial charge in [0.2, 0.25) is 0 Å². The molecule has 3 rings (SSSR count). The van der Waals surface area contributed by atoms with Crippen molar-refractivity contribution >= 4 is 18.3 Å². The van der Waals surface area contributed by atoms with Gasteiger partial charge in [0, 0.05) is 30.8 Å². The number of aromatic amines is 1. The first kappa shape index (κ1) is 19.5. The highest BCUT2D eigenvalue weighted by Gasteiger charge is 2.22.